The number of hydrogen-bond donors (Lipinski definition) is 0. The summed E-state index contributed by atoms with van der Waals surface area (Å²) in [5.41, 5.74) is 1.31. The second-order valence-corrected chi connectivity index (χ2v) is 6.66. The summed E-state index contributed by atoms with van der Waals surface area (Å²) in [7, 11) is 0. The number of nitrogens with zero attached hydrogens (tertiary/aromatic N) is 1. The van der Waals surface area contributed by atoms with Gasteiger partial charge in [0, 0.05) is 23.8 Å². The SMILES string of the molecule is CC[C@H](C)C[S+]([O-])N1CCC[C@H]1c1ccccc1. The zero-order valence-electron chi connectivity index (χ0n) is 11.3. The van der Waals surface area contributed by atoms with Crippen LogP contribution in [0.25, 0.3) is 0 Å². The molecule has 3 heteroatoms. The first-order chi connectivity index (χ1) is 8.72. The second kappa shape index (κ2) is 6.60. The van der Waals surface area contributed by atoms with Crippen molar-refractivity contribution in [1.29, 1.82) is 0 Å². The maximum atomic E-state index is 12.4. The van der Waals surface area contributed by atoms with Crippen LogP contribution in [0.3, 0.4) is 0 Å². The smallest absolute Gasteiger partial charge is 0.128 e. The average Bonchev–Trinajstić information content (AvgIpc) is 2.88. The lowest BCUT2D eigenvalue weighted by molar-refractivity contribution is 0.391. The maximum Gasteiger partial charge on any atom is 0.128 e. The average molecular weight is 265 g/mol. The molecule has 1 unspecified atom stereocenters. The highest BCUT2D eigenvalue weighted by Crippen LogP contribution is 2.34. The van der Waals surface area contributed by atoms with Gasteiger partial charge in [0.05, 0.1) is 6.04 Å². The quantitative estimate of drug-likeness (QED) is 0.761. The standard InChI is InChI=1S/C15H23NOS/c1-3-13(2)12-18(17)16-11-7-10-15(16)14-8-5-4-6-9-14/h4-6,8-9,13,15H,3,7,10-12H2,1-2H3/t13-,15-,18?/m0/s1. The lowest BCUT2D eigenvalue weighted by Crippen LogP contribution is -2.34. The molecule has 1 heterocycles. The topological polar surface area (TPSA) is 26.3 Å². The van der Waals surface area contributed by atoms with E-state index in [1.807, 2.05) is 6.07 Å². The van der Waals surface area contributed by atoms with Crippen molar-refractivity contribution in [3.63, 3.8) is 0 Å². The molecule has 1 fully saturated rings. The highest BCUT2D eigenvalue weighted by Gasteiger charge is 2.34. The highest BCUT2D eigenvalue weighted by atomic mass is 32.2. The van der Waals surface area contributed by atoms with Crippen molar-refractivity contribution < 1.29 is 4.55 Å². The van der Waals surface area contributed by atoms with Gasteiger partial charge in [0.25, 0.3) is 0 Å². The van der Waals surface area contributed by atoms with E-state index in [4.69, 9.17) is 0 Å². The third-order valence-electron chi connectivity index (χ3n) is 3.77. The molecule has 1 aromatic carbocycles. The minimum Gasteiger partial charge on any atom is -0.598 e. The van der Waals surface area contributed by atoms with Gasteiger partial charge in [0.2, 0.25) is 0 Å². The highest BCUT2D eigenvalue weighted by molar-refractivity contribution is 7.89. The van der Waals surface area contributed by atoms with E-state index in [1.165, 1.54) is 5.56 Å². The van der Waals surface area contributed by atoms with Crippen molar-refractivity contribution in [1.82, 2.24) is 4.31 Å². The fourth-order valence-electron chi connectivity index (χ4n) is 2.45. The summed E-state index contributed by atoms with van der Waals surface area (Å²) < 4.78 is 14.6. The van der Waals surface area contributed by atoms with Crippen LogP contribution in [0.1, 0.15) is 44.7 Å². The van der Waals surface area contributed by atoms with E-state index in [0.717, 1.165) is 31.6 Å². The van der Waals surface area contributed by atoms with Crippen LogP contribution >= 0.6 is 0 Å². The van der Waals surface area contributed by atoms with E-state index in [0.29, 0.717) is 12.0 Å². The number of rotatable bonds is 5. The fourth-order valence-corrected chi connectivity index (χ4v) is 4.21. The Kier molecular flexibility index (Phi) is 5.10. The van der Waals surface area contributed by atoms with Gasteiger partial charge in [0.1, 0.15) is 5.75 Å². The van der Waals surface area contributed by atoms with E-state index < -0.39 is 11.4 Å². The largest absolute Gasteiger partial charge is 0.598 e. The van der Waals surface area contributed by atoms with Gasteiger partial charge >= 0.3 is 0 Å². The zero-order valence-corrected chi connectivity index (χ0v) is 12.2. The summed E-state index contributed by atoms with van der Waals surface area (Å²) in [6.07, 6.45) is 3.40. The van der Waals surface area contributed by atoms with Crippen LogP contribution in [0.4, 0.5) is 0 Å². The Morgan fingerprint density at radius 3 is 2.78 bits per heavy atom. The third kappa shape index (κ3) is 3.28. The Morgan fingerprint density at radius 2 is 2.11 bits per heavy atom. The van der Waals surface area contributed by atoms with E-state index >= 15 is 0 Å². The lowest BCUT2D eigenvalue weighted by Gasteiger charge is -2.27. The predicted molar refractivity (Wildman–Crippen MR) is 77.6 cm³/mol. The molecule has 0 aromatic heterocycles. The summed E-state index contributed by atoms with van der Waals surface area (Å²) in [6.45, 7) is 5.33. The normalized spacial score (nSPS) is 24.1. The fraction of sp³-hybridized carbons (Fsp3) is 0.600. The van der Waals surface area contributed by atoms with Gasteiger partial charge in [-0.3, -0.25) is 0 Å². The summed E-state index contributed by atoms with van der Waals surface area (Å²) in [5, 5.41) is 0. The van der Waals surface area contributed by atoms with Gasteiger partial charge in [0.15, 0.2) is 0 Å². The van der Waals surface area contributed by atoms with Crippen LogP contribution in [0, 0.1) is 5.92 Å². The molecule has 0 radical (unpaired) electrons. The molecule has 18 heavy (non-hydrogen) atoms. The lowest BCUT2D eigenvalue weighted by atomic mass is 10.1. The van der Waals surface area contributed by atoms with Crippen molar-refractivity contribution in [2.24, 2.45) is 5.92 Å². The molecule has 1 aliphatic heterocycles. The molecule has 2 rings (SSSR count). The van der Waals surface area contributed by atoms with Crippen molar-refractivity contribution in [2.75, 3.05) is 12.3 Å². The van der Waals surface area contributed by atoms with Crippen molar-refractivity contribution in [3.05, 3.63) is 35.9 Å². The molecule has 1 saturated heterocycles. The first-order valence-corrected chi connectivity index (χ1v) is 8.20. The summed E-state index contributed by atoms with van der Waals surface area (Å²) in [4.78, 5) is 0. The molecule has 0 amide bonds. The van der Waals surface area contributed by atoms with Crippen molar-refractivity contribution in [2.45, 2.75) is 39.2 Å². The van der Waals surface area contributed by atoms with Crippen LogP contribution in [0.5, 0.6) is 0 Å². The van der Waals surface area contributed by atoms with Gasteiger partial charge in [-0.15, -0.1) is 4.31 Å². The van der Waals surface area contributed by atoms with Crippen LogP contribution in [-0.2, 0) is 11.4 Å². The minimum absolute atomic E-state index is 0.357. The molecule has 1 aliphatic rings. The second-order valence-electron chi connectivity index (χ2n) is 5.21. The van der Waals surface area contributed by atoms with Gasteiger partial charge in [-0.25, -0.2) is 0 Å². The summed E-state index contributed by atoms with van der Waals surface area (Å²) >= 11 is -0.823. The molecule has 0 bridgehead atoms. The molecule has 1 aromatic rings. The summed E-state index contributed by atoms with van der Waals surface area (Å²) in [6, 6.07) is 10.9. The molecule has 0 spiro atoms. The molecule has 3 atom stereocenters. The van der Waals surface area contributed by atoms with Gasteiger partial charge < -0.3 is 4.55 Å². The Labute approximate surface area is 114 Å². The summed E-state index contributed by atoms with van der Waals surface area (Å²) in [5.74, 6) is 1.35. The molecular formula is C15H23NOS. The maximum absolute atomic E-state index is 12.4. The van der Waals surface area contributed by atoms with E-state index in [1.54, 1.807) is 0 Å². The van der Waals surface area contributed by atoms with E-state index in [-0.39, 0.29) is 0 Å². The minimum atomic E-state index is -0.823. The molecule has 2 nitrogen and oxygen atoms in total. The zero-order chi connectivity index (χ0) is 13.0. The first-order valence-electron chi connectivity index (χ1n) is 6.92. The van der Waals surface area contributed by atoms with E-state index in [9.17, 15) is 4.55 Å². The molecule has 0 aliphatic carbocycles. The Bertz CT molecular complexity index is 357. The molecular weight excluding hydrogens is 242 g/mol. The van der Waals surface area contributed by atoms with Crippen LogP contribution in [-0.4, -0.2) is 21.2 Å². The van der Waals surface area contributed by atoms with Crippen LogP contribution in [0.15, 0.2) is 30.3 Å². The van der Waals surface area contributed by atoms with E-state index in [2.05, 4.69) is 42.4 Å². The Morgan fingerprint density at radius 1 is 1.39 bits per heavy atom. The van der Waals surface area contributed by atoms with Crippen molar-refractivity contribution >= 4 is 11.4 Å². The van der Waals surface area contributed by atoms with Gasteiger partial charge in [-0.1, -0.05) is 44.2 Å². The first kappa shape index (κ1) is 13.9. The Balaban J connectivity index is 2.03. The van der Waals surface area contributed by atoms with Gasteiger partial charge in [-0.05, 0) is 24.8 Å². The number of benzene rings is 1. The van der Waals surface area contributed by atoms with Crippen LogP contribution in [0.2, 0.25) is 0 Å². The monoisotopic (exact) mass is 265 g/mol. The predicted octanol–water partition coefficient (Wildman–Crippen LogP) is 3.53. The van der Waals surface area contributed by atoms with Gasteiger partial charge in [-0.2, -0.15) is 0 Å². The van der Waals surface area contributed by atoms with Crippen LogP contribution < -0.4 is 0 Å². The molecule has 0 saturated carbocycles. The third-order valence-corrected chi connectivity index (χ3v) is 5.59. The number of hydrogen-bond acceptors (Lipinski definition) is 2. The molecule has 100 valence electrons. The molecule has 0 N–H and O–H groups in total. The van der Waals surface area contributed by atoms with Crippen molar-refractivity contribution in [3.8, 4) is 0 Å². The Hall–Kier alpha value is -0.510.